The van der Waals surface area contributed by atoms with Crippen molar-refractivity contribution in [1.82, 2.24) is 15.1 Å². The second-order valence-electron chi connectivity index (χ2n) is 6.91. The highest BCUT2D eigenvalue weighted by molar-refractivity contribution is 5.14. The molecule has 0 saturated heterocycles. The van der Waals surface area contributed by atoms with Gasteiger partial charge in [0.25, 0.3) is 0 Å². The summed E-state index contributed by atoms with van der Waals surface area (Å²) in [6, 6.07) is 0.459. The lowest BCUT2D eigenvalue weighted by molar-refractivity contribution is 0.0988. The molecule has 1 heterocycles. The van der Waals surface area contributed by atoms with Crippen molar-refractivity contribution in [2.45, 2.75) is 72.4 Å². The summed E-state index contributed by atoms with van der Waals surface area (Å²) in [6.07, 6.45) is 10.9. The van der Waals surface area contributed by atoms with Crippen LogP contribution in [0.15, 0.2) is 12.4 Å². The number of nitrogens with one attached hydrogen (secondary N) is 1. The monoisotopic (exact) mass is 277 g/mol. The molecule has 20 heavy (non-hydrogen) atoms. The molecule has 1 saturated carbocycles. The zero-order chi connectivity index (χ0) is 14.6. The van der Waals surface area contributed by atoms with Crippen molar-refractivity contribution in [3.05, 3.63) is 18.0 Å². The standard InChI is InChI=1S/C17H31N3/c1-5-11-20-13-14(12-19-20)16(18-6-2)15-9-7-8-10-17(15,3)4/h12-13,15-16,18H,5-11H2,1-4H3. The fraction of sp³-hybridized carbons (Fsp3) is 0.824. The second kappa shape index (κ2) is 6.75. The van der Waals surface area contributed by atoms with Crippen LogP contribution in [-0.2, 0) is 6.54 Å². The summed E-state index contributed by atoms with van der Waals surface area (Å²) in [7, 11) is 0. The molecule has 0 bridgehead atoms. The predicted octanol–water partition coefficient (Wildman–Crippen LogP) is 4.16. The Morgan fingerprint density at radius 3 is 2.85 bits per heavy atom. The van der Waals surface area contributed by atoms with Gasteiger partial charge in [-0.2, -0.15) is 5.10 Å². The smallest absolute Gasteiger partial charge is 0.0537 e. The Balaban J connectivity index is 2.20. The first kappa shape index (κ1) is 15.6. The zero-order valence-electron chi connectivity index (χ0n) is 13.7. The summed E-state index contributed by atoms with van der Waals surface area (Å²) < 4.78 is 2.09. The van der Waals surface area contributed by atoms with Gasteiger partial charge in [-0.05, 0) is 37.1 Å². The molecule has 3 heteroatoms. The van der Waals surface area contributed by atoms with E-state index in [0.717, 1.165) is 25.4 Å². The van der Waals surface area contributed by atoms with Gasteiger partial charge in [-0.1, -0.05) is 40.5 Å². The van der Waals surface area contributed by atoms with E-state index < -0.39 is 0 Å². The van der Waals surface area contributed by atoms with Crippen molar-refractivity contribution in [3.63, 3.8) is 0 Å². The Morgan fingerprint density at radius 1 is 1.40 bits per heavy atom. The lowest BCUT2D eigenvalue weighted by Crippen LogP contribution is -2.39. The van der Waals surface area contributed by atoms with Gasteiger partial charge in [0.15, 0.2) is 0 Å². The third-order valence-electron chi connectivity index (χ3n) is 4.88. The second-order valence-corrected chi connectivity index (χ2v) is 6.91. The topological polar surface area (TPSA) is 29.9 Å². The molecule has 1 aliphatic carbocycles. The van der Waals surface area contributed by atoms with E-state index >= 15 is 0 Å². The molecule has 1 N–H and O–H groups in total. The number of hydrogen-bond donors (Lipinski definition) is 1. The van der Waals surface area contributed by atoms with E-state index in [9.17, 15) is 0 Å². The minimum absolute atomic E-state index is 0.429. The Morgan fingerprint density at radius 2 is 2.20 bits per heavy atom. The first-order chi connectivity index (χ1) is 9.58. The molecular formula is C17H31N3. The highest BCUT2D eigenvalue weighted by Crippen LogP contribution is 2.46. The van der Waals surface area contributed by atoms with Gasteiger partial charge in [0.1, 0.15) is 0 Å². The molecule has 2 rings (SSSR count). The lowest BCUT2D eigenvalue weighted by Gasteiger charge is -2.43. The van der Waals surface area contributed by atoms with E-state index in [1.54, 1.807) is 0 Å². The van der Waals surface area contributed by atoms with Gasteiger partial charge in [0, 0.05) is 24.3 Å². The Bertz CT molecular complexity index is 408. The van der Waals surface area contributed by atoms with Crippen LogP contribution in [-0.4, -0.2) is 16.3 Å². The lowest BCUT2D eigenvalue weighted by atomic mass is 9.65. The van der Waals surface area contributed by atoms with E-state index in [-0.39, 0.29) is 0 Å². The minimum Gasteiger partial charge on any atom is -0.310 e. The van der Waals surface area contributed by atoms with E-state index in [1.807, 2.05) is 0 Å². The summed E-state index contributed by atoms with van der Waals surface area (Å²) >= 11 is 0. The molecule has 1 fully saturated rings. The maximum absolute atomic E-state index is 4.53. The Hall–Kier alpha value is -0.830. The molecule has 2 unspecified atom stereocenters. The van der Waals surface area contributed by atoms with Gasteiger partial charge in [-0.3, -0.25) is 4.68 Å². The van der Waals surface area contributed by atoms with Crippen LogP contribution in [0.25, 0.3) is 0 Å². The largest absolute Gasteiger partial charge is 0.310 e. The predicted molar refractivity (Wildman–Crippen MR) is 84.7 cm³/mol. The van der Waals surface area contributed by atoms with Gasteiger partial charge in [0.2, 0.25) is 0 Å². The summed E-state index contributed by atoms with van der Waals surface area (Å²) in [5, 5.41) is 8.25. The van der Waals surface area contributed by atoms with Crippen LogP contribution in [0.5, 0.6) is 0 Å². The van der Waals surface area contributed by atoms with Crippen LogP contribution < -0.4 is 5.32 Å². The van der Waals surface area contributed by atoms with Gasteiger partial charge in [-0.15, -0.1) is 0 Å². The van der Waals surface area contributed by atoms with Crippen LogP contribution in [0.3, 0.4) is 0 Å². The molecule has 114 valence electrons. The van der Waals surface area contributed by atoms with Crippen LogP contribution in [0.4, 0.5) is 0 Å². The third-order valence-corrected chi connectivity index (χ3v) is 4.88. The molecule has 1 aliphatic rings. The number of rotatable bonds is 6. The van der Waals surface area contributed by atoms with Crippen molar-refractivity contribution < 1.29 is 0 Å². The van der Waals surface area contributed by atoms with Gasteiger partial charge < -0.3 is 5.32 Å². The molecule has 0 radical (unpaired) electrons. The molecule has 1 aromatic rings. The van der Waals surface area contributed by atoms with Crippen LogP contribution in [0.2, 0.25) is 0 Å². The van der Waals surface area contributed by atoms with E-state index in [2.05, 4.69) is 55.2 Å². The maximum atomic E-state index is 4.53. The summed E-state index contributed by atoms with van der Waals surface area (Å²) in [5.41, 5.74) is 1.80. The molecular weight excluding hydrogens is 246 g/mol. The van der Waals surface area contributed by atoms with Crippen molar-refractivity contribution >= 4 is 0 Å². The fourth-order valence-electron chi connectivity index (χ4n) is 3.74. The fourth-order valence-corrected chi connectivity index (χ4v) is 3.74. The molecule has 2 atom stereocenters. The van der Waals surface area contributed by atoms with Crippen molar-refractivity contribution in [1.29, 1.82) is 0 Å². The molecule has 0 aliphatic heterocycles. The molecule has 0 aromatic carbocycles. The Kier molecular flexibility index (Phi) is 5.25. The summed E-state index contributed by atoms with van der Waals surface area (Å²) in [5.74, 6) is 0.718. The molecule has 1 aromatic heterocycles. The van der Waals surface area contributed by atoms with Crippen LogP contribution in [0, 0.1) is 11.3 Å². The number of nitrogens with zero attached hydrogens (tertiary/aromatic N) is 2. The van der Waals surface area contributed by atoms with Crippen molar-refractivity contribution in [2.75, 3.05) is 6.54 Å². The third kappa shape index (κ3) is 3.43. The minimum atomic E-state index is 0.429. The normalized spacial score (nSPS) is 23.7. The first-order valence-corrected chi connectivity index (χ1v) is 8.34. The summed E-state index contributed by atoms with van der Waals surface area (Å²) in [6.45, 7) is 11.3. The highest BCUT2D eigenvalue weighted by Gasteiger charge is 2.38. The quantitative estimate of drug-likeness (QED) is 0.846. The highest BCUT2D eigenvalue weighted by atomic mass is 15.3. The van der Waals surface area contributed by atoms with Crippen molar-refractivity contribution in [3.8, 4) is 0 Å². The number of aromatic nitrogens is 2. The number of aryl methyl sites for hydroxylation is 1. The van der Waals surface area contributed by atoms with E-state index in [0.29, 0.717) is 11.5 Å². The Labute approximate surface area is 124 Å². The average molecular weight is 277 g/mol. The number of hydrogen-bond acceptors (Lipinski definition) is 2. The van der Waals surface area contributed by atoms with Gasteiger partial charge in [0.05, 0.1) is 6.20 Å². The molecule has 3 nitrogen and oxygen atoms in total. The van der Waals surface area contributed by atoms with Crippen LogP contribution >= 0.6 is 0 Å². The van der Waals surface area contributed by atoms with Gasteiger partial charge >= 0.3 is 0 Å². The SMILES string of the molecule is CCCn1cc(C(NCC)C2CCCCC2(C)C)cn1. The summed E-state index contributed by atoms with van der Waals surface area (Å²) in [4.78, 5) is 0. The molecule has 0 spiro atoms. The average Bonchev–Trinajstić information content (AvgIpc) is 2.85. The first-order valence-electron chi connectivity index (χ1n) is 8.34. The zero-order valence-corrected chi connectivity index (χ0v) is 13.7. The maximum Gasteiger partial charge on any atom is 0.0537 e. The van der Waals surface area contributed by atoms with E-state index in [1.165, 1.54) is 31.2 Å². The van der Waals surface area contributed by atoms with E-state index in [4.69, 9.17) is 0 Å². The van der Waals surface area contributed by atoms with Gasteiger partial charge in [-0.25, -0.2) is 0 Å². The molecule has 0 amide bonds. The van der Waals surface area contributed by atoms with Crippen LogP contribution in [0.1, 0.15) is 71.4 Å². The van der Waals surface area contributed by atoms with Crippen molar-refractivity contribution in [2.24, 2.45) is 11.3 Å².